The number of aromatic nitrogens is 1. The summed E-state index contributed by atoms with van der Waals surface area (Å²) in [6, 6.07) is 3.63. The highest BCUT2D eigenvalue weighted by Gasteiger charge is 2.32. The molecule has 0 saturated carbocycles. The Labute approximate surface area is 150 Å². The summed E-state index contributed by atoms with van der Waals surface area (Å²) in [4.78, 5) is 32.1. The minimum absolute atomic E-state index is 0.0568. The van der Waals surface area contributed by atoms with Crippen LogP contribution in [0.3, 0.4) is 0 Å². The van der Waals surface area contributed by atoms with Crippen LogP contribution in [0.2, 0.25) is 0 Å². The Morgan fingerprint density at radius 2 is 2.12 bits per heavy atom. The fraction of sp³-hybridized carbons (Fsp3) is 0.632. The fourth-order valence-electron chi connectivity index (χ4n) is 3.14. The third-order valence-corrected chi connectivity index (χ3v) is 4.19. The van der Waals surface area contributed by atoms with Crippen LogP contribution in [0.1, 0.15) is 65.5 Å². The Hall–Kier alpha value is -2.11. The molecule has 0 radical (unpaired) electrons. The molecule has 1 atom stereocenters. The second kappa shape index (κ2) is 7.85. The normalized spacial score (nSPS) is 18.2. The minimum atomic E-state index is -0.584. The van der Waals surface area contributed by atoms with E-state index in [2.05, 4.69) is 4.98 Å². The lowest BCUT2D eigenvalue weighted by atomic mass is 9.95. The Kier molecular flexibility index (Phi) is 6.03. The van der Waals surface area contributed by atoms with E-state index in [4.69, 9.17) is 4.74 Å². The van der Waals surface area contributed by atoms with Gasteiger partial charge >= 0.3 is 6.09 Å². The summed E-state index contributed by atoms with van der Waals surface area (Å²) in [5.41, 5.74) is 0.313. The molecule has 6 nitrogen and oxygen atoms in total. The number of rotatable bonds is 4. The van der Waals surface area contributed by atoms with E-state index in [0.29, 0.717) is 5.82 Å². The molecule has 25 heavy (non-hydrogen) atoms. The largest absolute Gasteiger partial charge is 0.443 e. The average molecular weight is 347 g/mol. The summed E-state index contributed by atoms with van der Waals surface area (Å²) in [6.45, 7) is 10.1. The SMILES string of the molecule is CC(C)N(C(=O)OC(C)(C)C)c1ncccc1[C@@H]1CCCCN1C=O. The molecule has 1 fully saturated rings. The van der Waals surface area contributed by atoms with Crippen LogP contribution in [-0.2, 0) is 9.53 Å². The topological polar surface area (TPSA) is 62.7 Å². The summed E-state index contributed by atoms with van der Waals surface area (Å²) >= 11 is 0. The molecule has 2 rings (SSSR count). The zero-order chi connectivity index (χ0) is 18.6. The predicted octanol–water partition coefficient (Wildman–Crippen LogP) is 3.91. The molecular formula is C19H29N3O3. The van der Waals surface area contributed by atoms with E-state index in [1.165, 1.54) is 0 Å². The van der Waals surface area contributed by atoms with Crippen molar-refractivity contribution in [3.8, 4) is 0 Å². The number of carbonyl (C=O) groups is 2. The molecule has 1 aromatic heterocycles. The van der Waals surface area contributed by atoms with Crippen molar-refractivity contribution in [2.24, 2.45) is 0 Å². The number of nitrogens with zero attached hydrogens (tertiary/aromatic N) is 3. The van der Waals surface area contributed by atoms with Crippen LogP contribution in [0.15, 0.2) is 18.3 Å². The molecule has 2 heterocycles. The van der Waals surface area contributed by atoms with Gasteiger partial charge in [0.1, 0.15) is 11.4 Å². The number of amides is 2. The highest BCUT2D eigenvalue weighted by molar-refractivity contribution is 5.88. The van der Waals surface area contributed by atoms with Crippen molar-refractivity contribution in [3.05, 3.63) is 23.9 Å². The van der Waals surface area contributed by atoms with E-state index < -0.39 is 11.7 Å². The summed E-state index contributed by atoms with van der Waals surface area (Å²) in [7, 11) is 0. The number of carbonyl (C=O) groups excluding carboxylic acids is 2. The van der Waals surface area contributed by atoms with Crippen molar-refractivity contribution in [3.63, 3.8) is 0 Å². The number of hydrogen-bond acceptors (Lipinski definition) is 4. The number of likely N-dealkylation sites (tertiary alicyclic amines) is 1. The van der Waals surface area contributed by atoms with Gasteiger partial charge in [-0.25, -0.2) is 9.78 Å². The first-order valence-electron chi connectivity index (χ1n) is 8.92. The highest BCUT2D eigenvalue weighted by Crippen LogP contribution is 2.35. The standard InChI is InChI=1S/C19H29N3O3/c1-14(2)22(18(24)25-19(3,4)5)17-15(9-8-11-20-17)16-10-6-7-12-21(16)13-23/h8-9,11,13-14,16H,6-7,10,12H2,1-5H3/t16-/m0/s1. The fourth-order valence-corrected chi connectivity index (χ4v) is 3.14. The second-order valence-corrected chi connectivity index (χ2v) is 7.72. The Morgan fingerprint density at radius 1 is 1.40 bits per heavy atom. The predicted molar refractivity (Wildman–Crippen MR) is 97.4 cm³/mol. The Morgan fingerprint density at radius 3 is 2.72 bits per heavy atom. The summed E-state index contributed by atoms with van der Waals surface area (Å²) in [5, 5.41) is 0. The summed E-state index contributed by atoms with van der Waals surface area (Å²) in [6.07, 6.45) is 5.08. The van der Waals surface area contributed by atoms with Gasteiger partial charge in [0, 0.05) is 24.3 Å². The van der Waals surface area contributed by atoms with Gasteiger partial charge in [-0.2, -0.15) is 0 Å². The van der Waals surface area contributed by atoms with Gasteiger partial charge in [-0.15, -0.1) is 0 Å². The molecular weight excluding hydrogens is 318 g/mol. The summed E-state index contributed by atoms with van der Waals surface area (Å²) in [5.74, 6) is 0.575. The molecule has 0 aliphatic carbocycles. The second-order valence-electron chi connectivity index (χ2n) is 7.72. The molecule has 1 aliphatic rings. The van der Waals surface area contributed by atoms with Crippen LogP contribution >= 0.6 is 0 Å². The van der Waals surface area contributed by atoms with Gasteiger partial charge in [0.25, 0.3) is 0 Å². The number of pyridine rings is 1. The molecule has 0 bridgehead atoms. The van der Waals surface area contributed by atoms with E-state index in [9.17, 15) is 9.59 Å². The van der Waals surface area contributed by atoms with Crippen molar-refractivity contribution >= 4 is 18.3 Å². The van der Waals surface area contributed by atoms with Gasteiger partial charge in [-0.3, -0.25) is 9.69 Å². The lowest BCUT2D eigenvalue weighted by Gasteiger charge is -2.36. The third-order valence-electron chi connectivity index (χ3n) is 4.19. The molecule has 0 N–H and O–H groups in total. The lowest BCUT2D eigenvalue weighted by Crippen LogP contribution is -2.43. The van der Waals surface area contributed by atoms with Crippen molar-refractivity contribution in [2.75, 3.05) is 11.4 Å². The first kappa shape index (κ1) is 19.2. The first-order chi connectivity index (χ1) is 11.7. The van der Waals surface area contributed by atoms with E-state index in [0.717, 1.165) is 37.8 Å². The van der Waals surface area contributed by atoms with Gasteiger partial charge in [-0.1, -0.05) is 6.07 Å². The van der Waals surface area contributed by atoms with Crippen molar-refractivity contribution < 1.29 is 14.3 Å². The average Bonchev–Trinajstić information content (AvgIpc) is 2.53. The van der Waals surface area contributed by atoms with Crippen LogP contribution in [0.25, 0.3) is 0 Å². The molecule has 138 valence electrons. The van der Waals surface area contributed by atoms with Crippen LogP contribution in [-0.4, -0.2) is 40.6 Å². The number of anilines is 1. The molecule has 1 aliphatic heterocycles. The summed E-state index contributed by atoms with van der Waals surface area (Å²) < 4.78 is 5.57. The molecule has 0 aromatic carbocycles. The van der Waals surface area contributed by atoms with Crippen LogP contribution < -0.4 is 4.90 Å². The lowest BCUT2D eigenvalue weighted by molar-refractivity contribution is -0.121. The molecule has 0 spiro atoms. The number of piperidine rings is 1. The van der Waals surface area contributed by atoms with E-state index >= 15 is 0 Å². The van der Waals surface area contributed by atoms with Crippen LogP contribution in [0.4, 0.5) is 10.6 Å². The number of ether oxygens (including phenoxy) is 1. The quantitative estimate of drug-likeness (QED) is 0.775. The maximum atomic E-state index is 12.8. The molecule has 6 heteroatoms. The molecule has 1 aromatic rings. The Bertz CT molecular complexity index is 610. The zero-order valence-electron chi connectivity index (χ0n) is 15.9. The van der Waals surface area contributed by atoms with Crippen LogP contribution in [0.5, 0.6) is 0 Å². The van der Waals surface area contributed by atoms with Gasteiger partial charge in [-0.05, 0) is 59.9 Å². The van der Waals surface area contributed by atoms with Crippen LogP contribution in [0, 0.1) is 0 Å². The van der Waals surface area contributed by atoms with Crippen molar-refractivity contribution in [2.45, 2.75) is 71.6 Å². The van der Waals surface area contributed by atoms with Gasteiger partial charge in [0.05, 0.1) is 6.04 Å². The minimum Gasteiger partial charge on any atom is -0.443 e. The van der Waals surface area contributed by atoms with Gasteiger partial charge < -0.3 is 9.64 Å². The van der Waals surface area contributed by atoms with Gasteiger partial charge in [0.15, 0.2) is 0 Å². The van der Waals surface area contributed by atoms with E-state index in [1.54, 1.807) is 16.0 Å². The maximum Gasteiger partial charge on any atom is 0.416 e. The zero-order valence-corrected chi connectivity index (χ0v) is 15.9. The van der Waals surface area contributed by atoms with Gasteiger partial charge in [0.2, 0.25) is 6.41 Å². The molecule has 0 unspecified atom stereocenters. The number of hydrogen-bond donors (Lipinski definition) is 0. The maximum absolute atomic E-state index is 12.8. The van der Waals surface area contributed by atoms with E-state index in [1.807, 2.05) is 46.8 Å². The molecule has 2 amide bonds. The third kappa shape index (κ3) is 4.71. The molecule has 1 saturated heterocycles. The monoisotopic (exact) mass is 347 g/mol. The van der Waals surface area contributed by atoms with Crippen molar-refractivity contribution in [1.82, 2.24) is 9.88 Å². The highest BCUT2D eigenvalue weighted by atomic mass is 16.6. The smallest absolute Gasteiger partial charge is 0.416 e. The first-order valence-corrected chi connectivity index (χ1v) is 8.92. The van der Waals surface area contributed by atoms with E-state index in [-0.39, 0.29) is 12.1 Å². The van der Waals surface area contributed by atoms with Crippen molar-refractivity contribution in [1.29, 1.82) is 0 Å². The Balaban J connectivity index is 2.42.